The number of benzene rings is 1. The molecule has 0 radical (unpaired) electrons. The van der Waals surface area contributed by atoms with E-state index in [9.17, 15) is 4.79 Å². The number of carbonyl (C=O) groups is 1. The van der Waals surface area contributed by atoms with E-state index >= 15 is 0 Å². The molecule has 0 fully saturated rings. The van der Waals surface area contributed by atoms with E-state index in [-0.39, 0.29) is 11.9 Å². The van der Waals surface area contributed by atoms with Crippen LogP contribution in [0.25, 0.3) is 0 Å². The molecular weight excluding hydrogens is 238 g/mol. The smallest absolute Gasteiger partial charge is 0.251 e. The van der Waals surface area contributed by atoms with E-state index in [4.69, 9.17) is 0 Å². The van der Waals surface area contributed by atoms with E-state index in [0.717, 1.165) is 16.4 Å². The van der Waals surface area contributed by atoms with Gasteiger partial charge in [0.2, 0.25) is 0 Å². The summed E-state index contributed by atoms with van der Waals surface area (Å²) in [4.78, 5) is 12.6. The molecule has 1 aromatic rings. The minimum atomic E-state index is -0.0277. The first-order chi connectivity index (χ1) is 7.63. The molecule has 0 aliphatic carbocycles. The molecule has 0 saturated heterocycles. The Morgan fingerprint density at radius 1 is 1.56 bits per heavy atom. The van der Waals surface area contributed by atoms with Crippen molar-refractivity contribution in [3.05, 3.63) is 29.8 Å². The number of amides is 1. The van der Waals surface area contributed by atoms with E-state index in [0.29, 0.717) is 5.56 Å². The van der Waals surface area contributed by atoms with E-state index < -0.39 is 0 Å². The second-order valence-electron chi connectivity index (χ2n) is 3.58. The molecule has 1 N–H and O–H groups in total. The fourth-order valence-corrected chi connectivity index (χ4v) is 2.19. The average molecular weight is 255 g/mol. The molecule has 16 heavy (non-hydrogen) atoms. The Bertz CT molecular complexity index is 355. The SMILES string of the molecule is CCSCC(C)NC(=O)c1cccc(S)c1. The highest BCUT2D eigenvalue weighted by atomic mass is 32.2. The van der Waals surface area contributed by atoms with Crippen molar-refractivity contribution in [3.8, 4) is 0 Å². The van der Waals surface area contributed by atoms with Gasteiger partial charge < -0.3 is 5.32 Å². The van der Waals surface area contributed by atoms with E-state index in [2.05, 4.69) is 24.9 Å². The Hall–Kier alpha value is -0.610. The molecule has 1 rings (SSSR count). The van der Waals surface area contributed by atoms with Gasteiger partial charge in [0.15, 0.2) is 0 Å². The van der Waals surface area contributed by atoms with Crippen molar-refractivity contribution in [2.45, 2.75) is 24.8 Å². The van der Waals surface area contributed by atoms with Crippen molar-refractivity contribution in [2.75, 3.05) is 11.5 Å². The third-order valence-corrected chi connectivity index (χ3v) is 3.48. The van der Waals surface area contributed by atoms with Crippen LogP contribution in [0.1, 0.15) is 24.2 Å². The molecule has 88 valence electrons. The quantitative estimate of drug-likeness (QED) is 0.792. The monoisotopic (exact) mass is 255 g/mol. The maximum Gasteiger partial charge on any atom is 0.251 e. The molecule has 1 amide bonds. The maximum atomic E-state index is 11.8. The normalized spacial score (nSPS) is 12.2. The van der Waals surface area contributed by atoms with Gasteiger partial charge in [0.25, 0.3) is 5.91 Å². The van der Waals surface area contributed by atoms with Crippen LogP contribution in [0.3, 0.4) is 0 Å². The highest BCUT2D eigenvalue weighted by Gasteiger charge is 2.09. The average Bonchev–Trinajstić information content (AvgIpc) is 2.26. The Kier molecular flexibility index (Phi) is 5.77. The summed E-state index contributed by atoms with van der Waals surface area (Å²) in [6.45, 7) is 4.13. The van der Waals surface area contributed by atoms with E-state index in [1.54, 1.807) is 12.1 Å². The summed E-state index contributed by atoms with van der Waals surface area (Å²) in [6, 6.07) is 7.47. The largest absolute Gasteiger partial charge is 0.349 e. The van der Waals surface area contributed by atoms with Gasteiger partial charge in [0, 0.05) is 22.3 Å². The zero-order valence-corrected chi connectivity index (χ0v) is 11.3. The van der Waals surface area contributed by atoms with Crippen molar-refractivity contribution in [2.24, 2.45) is 0 Å². The van der Waals surface area contributed by atoms with Gasteiger partial charge in [-0.05, 0) is 30.9 Å². The number of nitrogens with one attached hydrogen (secondary N) is 1. The lowest BCUT2D eigenvalue weighted by atomic mass is 10.2. The Labute approximate surface area is 107 Å². The minimum absolute atomic E-state index is 0.0277. The standard InChI is InChI=1S/C12H17NOS2/c1-3-16-8-9(2)13-12(14)10-5-4-6-11(15)7-10/h4-7,9,15H,3,8H2,1-2H3,(H,13,14). The van der Waals surface area contributed by atoms with Crippen LogP contribution >= 0.6 is 24.4 Å². The molecule has 0 saturated carbocycles. The third kappa shape index (κ3) is 4.49. The molecule has 1 unspecified atom stereocenters. The van der Waals surface area contributed by atoms with Crippen molar-refractivity contribution in [1.82, 2.24) is 5.32 Å². The van der Waals surface area contributed by atoms with Crippen molar-refractivity contribution in [3.63, 3.8) is 0 Å². The van der Waals surface area contributed by atoms with Crippen LogP contribution in [0.2, 0.25) is 0 Å². The first kappa shape index (κ1) is 13.5. The first-order valence-electron chi connectivity index (χ1n) is 5.31. The van der Waals surface area contributed by atoms with Gasteiger partial charge in [0.05, 0.1) is 0 Å². The van der Waals surface area contributed by atoms with Crippen LogP contribution in [0.15, 0.2) is 29.2 Å². The highest BCUT2D eigenvalue weighted by Crippen LogP contribution is 2.09. The third-order valence-electron chi connectivity index (χ3n) is 2.06. The molecule has 0 aliphatic heterocycles. The predicted molar refractivity (Wildman–Crippen MR) is 73.6 cm³/mol. The lowest BCUT2D eigenvalue weighted by Gasteiger charge is -2.13. The van der Waals surface area contributed by atoms with Crippen molar-refractivity contribution in [1.29, 1.82) is 0 Å². The zero-order chi connectivity index (χ0) is 12.0. The molecule has 0 spiro atoms. The Balaban J connectivity index is 2.52. The first-order valence-corrected chi connectivity index (χ1v) is 6.91. The number of hydrogen-bond donors (Lipinski definition) is 2. The second kappa shape index (κ2) is 6.86. The Morgan fingerprint density at radius 3 is 2.94 bits per heavy atom. The number of thiol groups is 1. The van der Waals surface area contributed by atoms with E-state index in [1.807, 2.05) is 30.8 Å². The molecule has 1 atom stereocenters. The predicted octanol–water partition coefficient (Wildman–Crippen LogP) is 2.85. The lowest BCUT2D eigenvalue weighted by molar-refractivity contribution is 0.0943. The second-order valence-corrected chi connectivity index (χ2v) is 5.42. The molecule has 0 heterocycles. The topological polar surface area (TPSA) is 29.1 Å². The van der Waals surface area contributed by atoms with Gasteiger partial charge in [-0.15, -0.1) is 12.6 Å². The lowest BCUT2D eigenvalue weighted by Crippen LogP contribution is -2.34. The fraction of sp³-hybridized carbons (Fsp3) is 0.417. The van der Waals surface area contributed by atoms with Crippen LogP contribution in [-0.2, 0) is 0 Å². The zero-order valence-electron chi connectivity index (χ0n) is 9.56. The molecular formula is C12H17NOS2. The van der Waals surface area contributed by atoms with Crippen LogP contribution in [0.5, 0.6) is 0 Å². The molecule has 0 aromatic heterocycles. The van der Waals surface area contributed by atoms with Crippen LogP contribution < -0.4 is 5.32 Å². The highest BCUT2D eigenvalue weighted by molar-refractivity contribution is 7.99. The number of rotatable bonds is 5. The van der Waals surface area contributed by atoms with Gasteiger partial charge in [-0.3, -0.25) is 4.79 Å². The summed E-state index contributed by atoms with van der Waals surface area (Å²) in [5.41, 5.74) is 0.667. The number of carbonyl (C=O) groups excluding carboxylic acids is 1. The number of thioether (sulfide) groups is 1. The summed E-state index contributed by atoms with van der Waals surface area (Å²) in [5, 5.41) is 2.96. The summed E-state index contributed by atoms with van der Waals surface area (Å²) in [6.07, 6.45) is 0. The van der Waals surface area contributed by atoms with Gasteiger partial charge in [-0.25, -0.2) is 0 Å². The summed E-state index contributed by atoms with van der Waals surface area (Å²) >= 11 is 6.04. The molecule has 0 bridgehead atoms. The van der Waals surface area contributed by atoms with Crippen molar-refractivity contribution >= 4 is 30.3 Å². The Morgan fingerprint density at radius 2 is 2.31 bits per heavy atom. The van der Waals surface area contributed by atoms with Gasteiger partial charge in [-0.1, -0.05) is 13.0 Å². The minimum Gasteiger partial charge on any atom is -0.349 e. The molecule has 4 heteroatoms. The summed E-state index contributed by atoms with van der Waals surface area (Å²) in [7, 11) is 0. The van der Waals surface area contributed by atoms with Gasteiger partial charge in [0.1, 0.15) is 0 Å². The fourth-order valence-electron chi connectivity index (χ4n) is 1.29. The van der Waals surface area contributed by atoms with Crippen molar-refractivity contribution < 1.29 is 4.79 Å². The maximum absolute atomic E-state index is 11.8. The molecule has 2 nitrogen and oxygen atoms in total. The number of hydrogen-bond acceptors (Lipinski definition) is 3. The van der Waals surface area contributed by atoms with E-state index in [1.165, 1.54) is 0 Å². The summed E-state index contributed by atoms with van der Waals surface area (Å²) in [5.74, 6) is 2.00. The van der Waals surface area contributed by atoms with Gasteiger partial charge in [-0.2, -0.15) is 11.8 Å². The molecule has 1 aromatic carbocycles. The summed E-state index contributed by atoms with van der Waals surface area (Å²) < 4.78 is 0. The molecule has 0 aliphatic rings. The van der Waals surface area contributed by atoms with Crippen LogP contribution in [0.4, 0.5) is 0 Å². The van der Waals surface area contributed by atoms with Crippen LogP contribution in [-0.4, -0.2) is 23.5 Å². The van der Waals surface area contributed by atoms with Gasteiger partial charge >= 0.3 is 0 Å². The van der Waals surface area contributed by atoms with Crippen LogP contribution in [0, 0.1) is 0 Å².